The largest absolute Gasteiger partial charge is 0.471 e. The van der Waals surface area contributed by atoms with Gasteiger partial charge in [0.2, 0.25) is 0 Å². The van der Waals surface area contributed by atoms with Gasteiger partial charge in [-0.3, -0.25) is 4.79 Å². The molecule has 0 aliphatic carbocycles. The van der Waals surface area contributed by atoms with E-state index in [1.165, 1.54) is 6.08 Å². The lowest BCUT2D eigenvalue weighted by Crippen LogP contribution is -2.42. The van der Waals surface area contributed by atoms with Crippen molar-refractivity contribution in [2.75, 3.05) is 13.1 Å². The zero-order chi connectivity index (χ0) is 12.1. The van der Waals surface area contributed by atoms with Crippen LogP contribution in [0.3, 0.4) is 0 Å². The molecule has 0 saturated heterocycles. The van der Waals surface area contributed by atoms with Gasteiger partial charge in [0, 0.05) is 19.5 Å². The molecule has 15 heavy (non-hydrogen) atoms. The molecule has 0 fully saturated rings. The summed E-state index contributed by atoms with van der Waals surface area (Å²) in [5.74, 6) is -1.90. The van der Waals surface area contributed by atoms with Crippen molar-refractivity contribution in [3.05, 3.63) is 12.7 Å². The molecule has 2 N–H and O–H groups in total. The van der Waals surface area contributed by atoms with E-state index in [4.69, 9.17) is 5.73 Å². The summed E-state index contributed by atoms with van der Waals surface area (Å²) in [5, 5.41) is 0. The second-order valence-electron chi connectivity index (χ2n) is 2.75. The third-order valence-corrected chi connectivity index (χ3v) is 1.71. The molecular weight excluding hydrogens is 229 g/mol. The zero-order valence-corrected chi connectivity index (χ0v) is 8.70. The molecule has 0 spiro atoms. The van der Waals surface area contributed by atoms with E-state index in [1.54, 1.807) is 0 Å². The molecule has 3 nitrogen and oxygen atoms in total. The van der Waals surface area contributed by atoms with Crippen molar-refractivity contribution >= 4 is 23.1 Å². The Morgan fingerprint density at radius 2 is 2.07 bits per heavy atom. The van der Waals surface area contributed by atoms with Crippen molar-refractivity contribution in [2.24, 2.45) is 5.73 Å². The predicted octanol–water partition coefficient (Wildman–Crippen LogP) is 1.24. The standard InChI is InChI=1S/C8H11F3N2OS/c1-2-4-13(5-3-6(12)15)7(14)8(9,10)11/h2H,1,3-5H2,(H2,12,15). The van der Waals surface area contributed by atoms with Crippen LogP contribution < -0.4 is 5.73 Å². The summed E-state index contributed by atoms with van der Waals surface area (Å²) < 4.78 is 36.2. The smallest absolute Gasteiger partial charge is 0.393 e. The summed E-state index contributed by atoms with van der Waals surface area (Å²) in [6, 6.07) is 0. The van der Waals surface area contributed by atoms with Crippen LogP contribution in [0.5, 0.6) is 0 Å². The first-order chi connectivity index (χ1) is 6.79. The number of hydrogen-bond donors (Lipinski definition) is 1. The van der Waals surface area contributed by atoms with E-state index in [9.17, 15) is 18.0 Å². The van der Waals surface area contributed by atoms with Crippen molar-refractivity contribution in [3.8, 4) is 0 Å². The van der Waals surface area contributed by atoms with Crippen LogP contribution in [0.1, 0.15) is 6.42 Å². The van der Waals surface area contributed by atoms with Crippen LogP contribution in [0.2, 0.25) is 0 Å². The Hall–Kier alpha value is -1.11. The zero-order valence-electron chi connectivity index (χ0n) is 7.88. The maximum atomic E-state index is 12.1. The van der Waals surface area contributed by atoms with Gasteiger partial charge in [-0.25, -0.2) is 0 Å². The van der Waals surface area contributed by atoms with E-state index in [0.29, 0.717) is 4.90 Å². The van der Waals surface area contributed by atoms with E-state index in [1.807, 2.05) is 0 Å². The third kappa shape index (κ3) is 5.36. The van der Waals surface area contributed by atoms with Gasteiger partial charge in [0.25, 0.3) is 0 Å². The number of amides is 1. The summed E-state index contributed by atoms with van der Waals surface area (Å²) in [6.07, 6.45) is -3.60. The first-order valence-corrected chi connectivity index (χ1v) is 4.45. The fourth-order valence-corrected chi connectivity index (χ4v) is 0.947. The number of nitrogens with two attached hydrogens (primary N) is 1. The summed E-state index contributed by atoms with van der Waals surface area (Å²) in [6.45, 7) is 2.93. The van der Waals surface area contributed by atoms with E-state index in [2.05, 4.69) is 18.8 Å². The summed E-state index contributed by atoms with van der Waals surface area (Å²) in [5.41, 5.74) is 5.13. The van der Waals surface area contributed by atoms with Gasteiger partial charge in [-0.2, -0.15) is 13.2 Å². The Morgan fingerprint density at radius 3 is 2.40 bits per heavy atom. The normalized spacial score (nSPS) is 10.9. The molecule has 1 amide bonds. The lowest BCUT2D eigenvalue weighted by Gasteiger charge is -2.21. The van der Waals surface area contributed by atoms with Crippen LogP contribution in [0.15, 0.2) is 12.7 Å². The molecule has 0 aromatic rings. The molecule has 0 rings (SSSR count). The van der Waals surface area contributed by atoms with Gasteiger partial charge in [0.05, 0.1) is 4.99 Å². The third-order valence-electron chi connectivity index (χ3n) is 1.51. The number of carbonyl (C=O) groups is 1. The van der Waals surface area contributed by atoms with Crippen molar-refractivity contribution in [1.82, 2.24) is 4.90 Å². The molecule has 0 aromatic carbocycles. The molecule has 0 unspecified atom stereocenters. The number of carbonyl (C=O) groups excluding carboxylic acids is 1. The fourth-order valence-electron chi connectivity index (χ4n) is 0.856. The number of nitrogens with zero attached hydrogens (tertiary/aromatic N) is 1. The number of rotatable bonds is 5. The van der Waals surface area contributed by atoms with Gasteiger partial charge in [0.15, 0.2) is 0 Å². The highest BCUT2D eigenvalue weighted by Gasteiger charge is 2.41. The van der Waals surface area contributed by atoms with E-state index in [-0.39, 0.29) is 24.5 Å². The lowest BCUT2D eigenvalue weighted by molar-refractivity contribution is -0.184. The number of hydrogen-bond acceptors (Lipinski definition) is 2. The molecule has 0 aliphatic heterocycles. The Bertz CT molecular complexity index is 265. The predicted molar refractivity (Wildman–Crippen MR) is 54.2 cm³/mol. The maximum absolute atomic E-state index is 12.1. The second-order valence-corrected chi connectivity index (χ2v) is 3.28. The highest BCUT2D eigenvalue weighted by molar-refractivity contribution is 7.80. The van der Waals surface area contributed by atoms with Crippen LogP contribution >= 0.6 is 12.2 Å². The van der Waals surface area contributed by atoms with Gasteiger partial charge in [0.1, 0.15) is 0 Å². The minimum Gasteiger partial charge on any atom is -0.393 e. The molecule has 7 heteroatoms. The first-order valence-electron chi connectivity index (χ1n) is 4.04. The topological polar surface area (TPSA) is 46.3 Å². The van der Waals surface area contributed by atoms with Crippen molar-refractivity contribution in [1.29, 1.82) is 0 Å². The highest BCUT2D eigenvalue weighted by Crippen LogP contribution is 2.18. The van der Waals surface area contributed by atoms with Crippen LogP contribution in [0.4, 0.5) is 13.2 Å². The van der Waals surface area contributed by atoms with Gasteiger partial charge in [-0.15, -0.1) is 6.58 Å². The lowest BCUT2D eigenvalue weighted by atomic mass is 10.3. The van der Waals surface area contributed by atoms with Crippen LogP contribution in [-0.4, -0.2) is 35.1 Å². The fraction of sp³-hybridized carbons (Fsp3) is 0.500. The molecule has 86 valence electrons. The molecule has 0 saturated carbocycles. The van der Waals surface area contributed by atoms with Gasteiger partial charge < -0.3 is 10.6 Å². The second kappa shape index (κ2) is 5.69. The van der Waals surface area contributed by atoms with Gasteiger partial charge in [-0.1, -0.05) is 18.3 Å². The molecule has 0 aliphatic rings. The molecule has 0 aromatic heterocycles. The van der Waals surface area contributed by atoms with Crippen molar-refractivity contribution in [2.45, 2.75) is 12.6 Å². The monoisotopic (exact) mass is 240 g/mol. The number of thiocarbonyl (C=S) groups is 1. The van der Waals surface area contributed by atoms with Crippen LogP contribution in [-0.2, 0) is 4.79 Å². The Labute approximate surface area is 90.7 Å². The van der Waals surface area contributed by atoms with Crippen LogP contribution in [0, 0.1) is 0 Å². The van der Waals surface area contributed by atoms with Crippen molar-refractivity contribution in [3.63, 3.8) is 0 Å². The van der Waals surface area contributed by atoms with Crippen LogP contribution in [0.25, 0.3) is 0 Å². The summed E-state index contributed by atoms with van der Waals surface area (Å²) >= 11 is 4.51. The first kappa shape index (κ1) is 13.9. The number of alkyl halides is 3. The molecule has 0 bridgehead atoms. The number of halogens is 3. The molecule has 0 radical (unpaired) electrons. The Kier molecular flexibility index (Phi) is 5.27. The van der Waals surface area contributed by atoms with E-state index in [0.717, 1.165) is 0 Å². The van der Waals surface area contributed by atoms with E-state index >= 15 is 0 Å². The SMILES string of the molecule is C=CCN(CCC(N)=S)C(=O)C(F)(F)F. The van der Waals surface area contributed by atoms with Crippen molar-refractivity contribution < 1.29 is 18.0 Å². The highest BCUT2D eigenvalue weighted by atomic mass is 32.1. The summed E-state index contributed by atoms with van der Waals surface area (Å²) in [7, 11) is 0. The average molecular weight is 240 g/mol. The Balaban J connectivity index is 4.45. The molecular formula is C8H11F3N2OS. The van der Waals surface area contributed by atoms with Gasteiger partial charge in [-0.05, 0) is 0 Å². The minimum atomic E-state index is -4.88. The molecule has 0 atom stereocenters. The Morgan fingerprint density at radius 1 is 1.53 bits per heavy atom. The quantitative estimate of drug-likeness (QED) is 0.581. The average Bonchev–Trinajstić information content (AvgIpc) is 2.09. The van der Waals surface area contributed by atoms with E-state index < -0.39 is 12.1 Å². The summed E-state index contributed by atoms with van der Waals surface area (Å²) in [4.78, 5) is 11.5. The van der Waals surface area contributed by atoms with Gasteiger partial charge >= 0.3 is 12.1 Å². The minimum absolute atomic E-state index is 0.0605. The maximum Gasteiger partial charge on any atom is 0.471 e. The molecule has 0 heterocycles.